The summed E-state index contributed by atoms with van der Waals surface area (Å²) in [5, 5.41) is 3.04. The lowest BCUT2D eigenvalue weighted by atomic mass is 10.0. The molecule has 29 heavy (non-hydrogen) atoms. The minimum Gasteiger partial charge on any atom is -0.379 e. The molecule has 1 aromatic rings. The standard InChI is InChI=1S/C20H32N4O4S/c1-20(2,23-12-14-28-15-13-23)17-21-19(25)16-22-8-10-24(11-9-22)29(26,27)18-6-4-3-5-7-18/h3-7H,8-17H2,1-2H3,(H,21,25). The summed E-state index contributed by atoms with van der Waals surface area (Å²) >= 11 is 0. The molecule has 0 aromatic heterocycles. The van der Waals surface area contributed by atoms with E-state index in [1.54, 1.807) is 30.3 Å². The number of amides is 1. The summed E-state index contributed by atoms with van der Waals surface area (Å²) in [4.78, 5) is 17.1. The van der Waals surface area contributed by atoms with Gasteiger partial charge in [-0.05, 0) is 26.0 Å². The van der Waals surface area contributed by atoms with Gasteiger partial charge in [0.25, 0.3) is 0 Å². The summed E-state index contributed by atoms with van der Waals surface area (Å²) in [6, 6.07) is 8.49. The first-order valence-corrected chi connectivity index (χ1v) is 11.6. The maximum Gasteiger partial charge on any atom is 0.243 e. The van der Waals surface area contributed by atoms with Gasteiger partial charge in [0.15, 0.2) is 0 Å². The second-order valence-corrected chi connectivity index (χ2v) is 10.1. The fourth-order valence-electron chi connectivity index (χ4n) is 3.72. The number of nitrogens with zero attached hydrogens (tertiary/aromatic N) is 3. The topological polar surface area (TPSA) is 82.2 Å². The van der Waals surface area contributed by atoms with Crippen LogP contribution in [0.2, 0.25) is 0 Å². The van der Waals surface area contributed by atoms with Gasteiger partial charge in [-0.1, -0.05) is 18.2 Å². The zero-order valence-corrected chi connectivity index (χ0v) is 18.2. The van der Waals surface area contributed by atoms with Crippen LogP contribution in [0.3, 0.4) is 0 Å². The zero-order valence-electron chi connectivity index (χ0n) is 17.3. The third kappa shape index (κ3) is 5.76. The van der Waals surface area contributed by atoms with Crippen molar-refractivity contribution < 1.29 is 17.9 Å². The molecular weight excluding hydrogens is 392 g/mol. The minimum absolute atomic E-state index is 0.0225. The number of ether oxygens (including phenoxy) is 1. The molecule has 8 nitrogen and oxygen atoms in total. The molecule has 0 spiro atoms. The molecule has 0 aliphatic carbocycles. The van der Waals surface area contributed by atoms with E-state index >= 15 is 0 Å². The van der Waals surface area contributed by atoms with Crippen LogP contribution in [0.4, 0.5) is 0 Å². The third-order valence-electron chi connectivity index (χ3n) is 5.66. The van der Waals surface area contributed by atoms with E-state index in [0.717, 1.165) is 26.3 Å². The summed E-state index contributed by atoms with van der Waals surface area (Å²) in [5.41, 5.74) is -0.123. The fraction of sp³-hybridized carbons (Fsp3) is 0.650. The van der Waals surface area contributed by atoms with Gasteiger partial charge in [-0.2, -0.15) is 4.31 Å². The molecule has 2 aliphatic rings. The van der Waals surface area contributed by atoms with Crippen LogP contribution < -0.4 is 5.32 Å². The molecule has 2 fully saturated rings. The molecular formula is C20H32N4O4S. The first-order chi connectivity index (χ1) is 13.8. The van der Waals surface area contributed by atoms with Crippen molar-refractivity contribution in [1.82, 2.24) is 19.4 Å². The summed E-state index contributed by atoms with van der Waals surface area (Å²) in [6.07, 6.45) is 0. The Kier molecular flexibility index (Phi) is 7.28. The van der Waals surface area contributed by atoms with E-state index in [4.69, 9.17) is 4.74 Å². The summed E-state index contributed by atoms with van der Waals surface area (Å²) < 4.78 is 32.3. The highest BCUT2D eigenvalue weighted by molar-refractivity contribution is 7.89. The molecule has 0 radical (unpaired) electrons. The van der Waals surface area contributed by atoms with Crippen molar-refractivity contribution in [3.05, 3.63) is 30.3 Å². The number of hydrogen-bond acceptors (Lipinski definition) is 6. The summed E-state index contributed by atoms with van der Waals surface area (Å²) in [7, 11) is -3.47. The average Bonchev–Trinajstić information content (AvgIpc) is 2.74. The van der Waals surface area contributed by atoms with Crippen molar-refractivity contribution in [2.75, 3.05) is 65.6 Å². The maximum absolute atomic E-state index is 12.7. The van der Waals surface area contributed by atoms with Crippen LogP contribution in [0.5, 0.6) is 0 Å². The van der Waals surface area contributed by atoms with Crippen LogP contribution >= 0.6 is 0 Å². The van der Waals surface area contributed by atoms with Crippen LogP contribution in [-0.2, 0) is 19.6 Å². The smallest absolute Gasteiger partial charge is 0.243 e. The lowest BCUT2D eigenvalue weighted by Gasteiger charge is -2.41. The van der Waals surface area contributed by atoms with Gasteiger partial charge in [-0.3, -0.25) is 14.6 Å². The van der Waals surface area contributed by atoms with Crippen LogP contribution in [-0.4, -0.2) is 99.5 Å². The van der Waals surface area contributed by atoms with Gasteiger partial charge in [-0.15, -0.1) is 0 Å². The Morgan fingerprint density at radius 1 is 1.03 bits per heavy atom. The fourth-order valence-corrected chi connectivity index (χ4v) is 5.17. The van der Waals surface area contributed by atoms with Gasteiger partial charge in [-0.25, -0.2) is 8.42 Å². The van der Waals surface area contributed by atoms with E-state index in [-0.39, 0.29) is 11.4 Å². The number of benzene rings is 1. The van der Waals surface area contributed by atoms with Gasteiger partial charge in [0.1, 0.15) is 0 Å². The van der Waals surface area contributed by atoms with E-state index in [2.05, 4.69) is 24.1 Å². The molecule has 2 heterocycles. The van der Waals surface area contributed by atoms with Crippen LogP contribution in [0.1, 0.15) is 13.8 Å². The molecule has 9 heteroatoms. The molecule has 0 bridgehead atoms. The highest BCUT2D eigenvalue weighted by Gasteiger charge is 2.30. The van der Waals surface area contributed by atoms with Gasteiger partial charge in [0, 0.05) is 51.4 Å². The SMILES string of the molecule is CC(C)(CNC(=O)CN1CCN(S(=O)(=O)c2ccccc2)CC1)N1CCOCC1. The van der Waals surface area contributed by atoms with E-state index < -0.39 is 10.0 Å². The van der Waals surface area contributed by atoms with Crippen molar-refractivity contribution in [3.63, 3.8) is 0 Å². The normalized spacial score (nSPS) is 20.5. The minimum atomic E-state index is -3.47. The number of hydrogen-bond donors (Lipinski definition) is 1. The van der Waals surface area contributed by atoms with E-state index in [9.17, 15) is 13.2 Å². The Morgan fingerprint density at radius 2 is 1.66 bits per heavy atom. The molecule has 1 amide bonds. The highest BCUT2D eigenvalue weighted by atomic mass is 32.2. The Labute approximate surface area is 173 Å². The number of rotatable bonds is 7. The Morgan fingerprint density at radius 3 is 2.28 bits per heavy atom. The van der Waals surface area contributed by atoms with E-state index in [0.29, 0.717) is 44.2 Å². The molecule has 0 atom stereocenters. The third-order valence-corrected chi connectivity index (χ3v) is 7.58. The molecule has 2 aliphatic heterocycles. The quantitative estimate of drug-likeness (QED) is 0.674. The molecule has 0 saturated carbocycles. The average molecular weight is 425 g/mol. The van der Waals surface area contributed by atoms with Gasteiger partial charge in [0.05, 0.1) is 24.7 Å². The molecule has 1 N–H and O–H groups in total. The second-order valence-electron chi connectivity index (χ2n) is 8.18. The predicted octanol–water partition coefficient (Wildman–Crippen LogP) is 0.220. The highest BCUT2D eigenvalue weighted by Crippen LogP contribution is 2.17. The number of piperazine rings is 1. The van der Waals surface area contributed by atoms with Gasteiger partial charge < -0.3 is 10.1 Å². The number of nitrogens with one attached hydrogen (secondary N) is 1. The van der Waals surface area contributed by atoms with Crippen LogP contribution in [0, 0.1) is 0 Å². The largest absolute Gasteiger partial charge is 0.379 e. The first-order valence-electron chi connectivity index (χ1n) is 10.2. The van der Waals surface area contributed by atoms with Crippen molar-refractivity contribution in [2.45, 2.75) is 24.3 Å². The number of carbonyl (C=O) groups excluding carboxylic acids is 1. The van der Waals surface area contributed by atoms with Crippen molar-refractivity contribution >= 4 is 15.9 Å². The van der Waals surface area contributed by atoms with Crippen LogP contribution in [0.25, 0.3) is 0 Å². The molecule has 2 saturated heterocycles. The van der Waals surface area contributed by atoms with Gasteiger partial charge >= 0.3 is 0 Å². The lowest BCUT2D eigenvalue weighted by molar-refractivity contribution is -0.123. The Balaban J connectivity index is 1.44. The zero-order chi connectivity index (χ0) is 20.9. The van der Waals surface area contributed by atoms with Crippen LogP contribution in [0.15, 0.2) is 35.2 Å². The Bertz CT molecular complexity index is 771. The molecule has 162 valence electrons. The lowest BCUT2D eigenvalue weighted by Crippen LogP contribution is -2.56. The number of sulfonamides is 1. The van der Waals surface area contributed by atoms with E-state index in [1.165, 1.54) is 4.31 Å². The molecule has 3 rings (SSSR count). The predicted molar refractivity (Wildman–Crippen MR) is 111 cm³/mol. The van der Waals surface area contributed by atoms with Gasteiger partial charge in [0.2, 0.25) is 15.9 Å². The second kappa shape index (κ2) is 9.53. The van der Waals surface area contributed by atoms with Crippen molar-refractivity contribution in [3.8, 4) is 0 Å². The van der Waals surface area contributed by atoms with Crippen molar-refractivity contribution in [2.24, 2.45) is 0 Å². The Hall–Kier alpha value is -1.52. The number of morpholine rings is 1. The molecule has 0 unspecified atom stereocenters. The maximum atomic E-state index is 12.7. The summed E-state index contributed by atoms with van der Waals surface area (Å²) in [6.45, 7) is 10.2. The monoisotopic (exact) mass is 424 g/mol. The summed E-state index contributed by atoms with van der Waals surface area (Å²) in [5.74, 6) is -0.0225. The molecule has 1 aromatic carbocycles. The number of carbonyl (C=O) groups is 1. The van der Waals surface area contributed by atoms with Crippen molar-refractivity contribution in [1.29, 1.82) is 0 Å². The first kappa shape index (κ1) is 22.2. The van der Waals surface area contributed by atoms with E-state index in [1.807, 2.05) is 4.90 Å².